The van der Waals surface area contributed by atoms with Crippen molar-refractivity contribution in [2.45, 2.75) is 6.43 Å². The number of benzene rings is 2. The number of nitrogens with one attached hydrogen (secondary N) is 2. The van der Waals surface area contributed by atoms with E-state index < -0.39 is 34.7 Å². The fraction of sp³-hybridized carbons (Fsp3) is 0.0556. The first-order valence-corrected chi connectivity index (χ1v) is 9.29. The monoisotopic (exact) mass is 485 g/mol. The van der Waals surface area contributed by atoms with Gasteiger partial charge in [-0.25, -0.2) is 23.1 Å². The Morgan fingerprint density at radius 2 is 1.75 bits per heavy atom. The summed E-state index contributed by atoms with van der Waals surface area (Å²) in [6, 6.07) is 6.03. The molecule has 0 atom stereocenters. The molecule has 0 amide bonds. The largest absolute Gasteiger partial charge is 0.434 e. The standard InChI is InChI=1S/C18H8Cl2F3N5O4/c19-8-4-6(28-18(31)24-16(30)12(27-28)14(22)23)5-9(20)13(8)32-17-7-2-1-3-10(21)11(7)15(29)25-26-17/h1-5,14H,(H,25,29)(H,24,30,31). The van der Waals surface area contributed by atoms with Crippen LogP contribution in [0.5, 0.6) is 11.6 Å². The van der Waals surface area contributed by atoms with Crippen molar-refractivity contribution in [1.29, 1.82) is 0 Å². The molecule has 0 aliphatic rings. The van der Waals surface area contributed by atoms with Crippen molar-refractivity contribution in [3.8, 4) is 17.3 Å². The SMILES string of the molecule is O=c1[nH]c(=O)n(-c2cc(Cl)c(Oc3n[nH]c(=O)c4c(F)cccc34)c(Cl)c2)nc1C(F)F. The van der Waals surface area contributed by atoms with Gasteiger partial charge in [0.15, 0.2) is 11.4 Å². The highest BCUT2D eigenvalue weighted by atomic mass is 35.5. The number of halogens is 5. The van der Waals surface area contributed by atoms with Crippen LogP contribution < -0.4 is 21.5 Å². The maximum Gasteiger partial charge on any atom is 0.349 e. The fourth-order valence-corrected chi connectivity index (χ4v) is 3.37. The normalized spacial score (nSPS) is 11.3. The highest BCUT2D eigenvalue weighted by Gasteiger charge is 2.20. The summed E-state index contributed by atoms with van der Waals surface area (Å²) in [5, 5.41) is 8.50. The van der Waals surface area contributed by atoms with Gasteiger partial charge in [0.25, 0.3) is 17.5 Å². The van der Waals surface area contributed by atoms with Crippen molar-refractivity contribution < 1.29 is 17.9 Å². The average Bonchev–Trinajstić information content (AvgIpc) is 2.72. The topological polar surface area (TPSA) is 123 Å². The summed E-state index contributed by atoms with van der Waals surface area (Å²) in [6.45, 7) is 0. The van der Waals surface area contributed by atoms with E-state index in [4.69, 9.17) is 27.9 Å². The van der Waals surface area contributed by atoms with Crippen molar-refractivity contribution in [2.75, 3.05) is 0 Å². The van der Waals surface area contributed by atoms with Gasteiger partial charge in [-0.1, -0.05) is 29.3 Å². The molecule has 4 rings (SSSR count). The second-order valence-corrected chi connectivity index (χ2v) is 7.03. The molecule has 32 heavy (non-hydrogen) atoms. The van der Waals surface area contributed by atoms with Crippen LogP contribution in [0.2, 0.25) is 10.0 Å². The molecule has 2 aromatic heterocycles. The van der Waals surface area contributed by atoms with Crippen LogP contribution in [0.1, 0.15) is 12.1 Å². The van der Waals surface area contributed by atoms with Crippen LogP contribution in [0, 0.1) is 5.82 Å². The van der Waals surface area contributed by atoms with Gasteiger partial charge in [0, 0.05) is 0 Å². The van der Waals surface area contributed by atoms with E-state index in [1.165, 1.54) is 12.1 Å². The second kappa shape index (κ2) is 8.13. The molecule has 0 spiro atoms. The van der Waals surface area contributed by atoms with E-state index in [2.05, 4.69) is 15.3 Å². The van der Waals surface area contributed by atoms with E-state index in [1.807, 2.05) is 0 Å². The number of hydrogen-bond donors (Lipinski definition) is 2. The number of aromatic amines is 2. The maximum atomic E-state index is 14.0. The first-order chi connectivity index (χ1) is 15.2. The lowest BCUT2D eigenvalue weighted by Gasteiger charge is -2.13. The number of H-pyrrole nitrogens is 2. The Labute approximate surface area is 184 Å². The quantitative estimate of drug-likeness (QED) is 0.457. The van der Waals surface area contributed by atoms with E-state index in [0.717, 1.165) is 18.2 Å². The first kappa shape index (κ1) is 21.6. The van der Waals surface area contributed by atoms with Crippen molar-refractivity contribution in [3.63, 3.8) is 0 Å². The minimum absolute atomic E-state index is 0.0325. The minimum Gasteiger partial charge on any atom is -0.434 e. The molecule has 2 aromatic carbocycles. The molecule has 0 unspecified atom stereocenters. The molecule has 2 N–H and O–H groups in total. The van der Waals surface area contributed by atoms with Gasteiger partial charge in [-0.05, 0) is 24.3 Å². The predicted octanol–water partition coefficient (Wildman–Crippen LogP) is 3.33. The Kier molecular flexibility index (Phi) is 5.48. The van der Waals surface area contributed by atoms with Crippen molar-refractivity contribution in [1.82, 2.24) is 25.0 Å². The van der Waals surface area contributed by atoms with E-state index >= 15 is 0 Å². The molecule has 2 heterocycles. The Bertz CT molecular complexity index is 1530. The summed E-state index contributed by atoms with van der Waals surface area (Å²) < 4.78 is 46.0. The summed E-state index contributed by atoms with van der Waals surface area (Å²) in [5.41, 5.74) is -4.55. The lowest BCUT2D eigenvalue weighted by atomic mass is 10.2. The summed E-state index contributed by atoms with van der Waals surface area (Å²) in [4.78, 5) is 37.1. The summed E-state index contributed by atoms with van der Waals surface area (Å²) in [6.07, 6.45) is -3.24. The molecule has 0 aliphatic heterocycles. The van der Waals surface area contributed by atoms with Gasteiger partial charge in [-0.2, -0.15) is 9.78 Å². The van der Waals surface area contributed by atoms with Gasteiger partial charge in [0.05, 0.1) is 26.5 Å². The van der Waals surface area contributed by atoms with Crippen LogP contribution in [0.4, 0.5) is 13.2 Å². The third-order valence-corrected chi connectivity index (χ3v) is 4.78. The zero-order valence-corrected chi connectivity index (χ0v) is 16.8. The van der Waals surface area contributed by atoms with Gasteiger partial charge in [0.2, 0.25) is 5.88 Å². The van der Waals surface area contributed by atoms with E-state index in [0.29, 0.717) is 4.68 Å². The summed E-state index contributed by atoms with van der Waals surface area (Å²) in [7, 11) is 0. The fourth-order valence-electron chi connectivity index (χ4n) is 2.82. The molecule has 9 nitrogen and oxygen atoms in total. The molecule has 0 fully saturated rings. The zero-order chi connectivity index (χ0) is 23.2. The zero-order valence-electron chi connectivity index (χ0n) is 15.3. The third-order valence-electron chi connectivity index (χ3n) is 4.22. The molecule has 0 radical (unpaired) electrons. The molecule has 0 saturated carbocycles. The van der Waals surface area contributed by atoms with Gasteiger partial charge < -0.3 is 4.74 Å². The van der Waals surface area contributed by atoms with Crippen molar-refractivity contribution in [3.05, 3.63) is 83.1 Å². The van der Waals surface area contributed by atoms with Crippen LogP contribution in [0.25, 0.3) is 16.5 Å². The van der Waals surface area contributed by atoms with Gasteiger partial charge in [-0.15, -0.1) is 5.10 Å². The Morgan fingerprint density at radius 1 is 1.06 bits per heavy atom. The number of hydrogen-bond acceptors (Lipinski definition) is 6. The van der Waals surface area contributed by atoms with E-state index in [9.17, 15) is 27.6 Å². The van der Waals surface area contributed by atoms with Gasteiger partial charge in [0.1, 0.15) is 5.82 Å². The van der Waals surface area contributed by atoms with E-state index in [1.54, 1.807) is 4.98 Å². The van der Waals surface area contributed by atoms with Crippen LogP contribution in [0.15, 0.2) is 44.7 Å². The maximum absolute atomic E-state index is 14.0. The molecule has 0 bridgehead atoms. The molecule has 164 valence electrons. The Morgan fingerprint density at radius 3 is 2.41 bits per heavy atom. The smallest absolute Gasteiger partial charge is 0.349 e. The van der Waals surface area contributed by atoms with Gasteiger partial charge in [-0.3, -0.25) is 14.6 Å². The molecule has 14 heteroatoms. The Hall–Kier alpha value is -3.64. The van der Waals surface area contributed by atoms with Crippen molar-refractivity contribution >= 4 is 34.0 Å². The molecule has 0 saturated heterocycles. The number of nitrogens with zero attached hydrogens (tertiary/aromatic N) is 3. The third kappa shape index (κ3) is 3.74. The second-order valence-electron chi connectivity index (χ2n) is 6.22. The molecular formula is C18H8Cl2F3N5O4. The molecule has 0 aliphatic carbocycles. The van der Waals surface area contributed by atoms with Gasteiger partial charge >= 0.3 is 5.69 Å². The predicted molar refractivity (Wildman–Crippen MR) is 108 cm³/mol. The summed E-state index contributed by atoms with van der Waals surface area (Å²) in [5.74, 6) is -1.22. The highest BCUT2D eigenvalue weighted by molar-refractivity contribution is 6.37. The van der Waals surface area contributed by atoms with Crippen LogP contribution in [0.3, 0.4) is 0 Å². The lowest BCUT2D eigenvalue weighted by Crippen LogP contribution is -2.34. The highest BCUT2D eigenvalue weighted by Crippen LogP contribution is 2.39. The number of ether oxygens (including phenoxy) is 1. The van der Waals surface area contributed by atoms with E-state index in [-0.39, 0.29) is 38.1 Å². The number of fused-ring (bicyclic) bond motifs is 1. The van der Waals surface area contributed by atoms with Crippen LogP contribution in [-0.4, -0.2) is 25.0 Å². The Balaban J connectivity index is 1.82. The first-order valence-electron chi connectivity index (χ1n) is 8.53. The van der Waals surface area contributed by atoms with Crippen LogP contribution in [-0.2, 0) is 0 Å². The van der Waals surface area contributed by atoms with Crippen molar-refractivity contribution in [2.24, 2.45) is 0 Å². The number of rotatable bonds is 4. The average molecular weight is 486 g/mol. The molecule has 4 aromatic rings. The lowest BCUT2D eigenvalue weighted by molar-refractivity contribution is 0.141. The summed E-state index contributed by atoms with van der Waals surface area (Å²) >= 11 is 12.4. The number of aromatic nitrogens is 5. The minimum atomic E-state index is -3.24. The van der Waals surface area contributed by atoms with Crippen LogP contribution >= 0.6 is 23.2 Å². The molecular weight excluding hydrogens is 478 g/mol. The number of alkyl halides is 2.